The highest BCUT2D eigenvalue weighted by Crippen LogP contribution is 2.20. The summed E-state index contributed by atoms with van der Waals surface area (Å²) in [4.78, 5) is 35.5. The number of benzene rings is 2. The van der Waals surface area contributed by atoms with Crippen molar-refractivity contribution >= 4 is 35.4 Å². The van der Waals surface area contributed by atoms with E-state index in [1.165, 1.54) is 6.07 Å². The van der Waals surface area contributed by atoms with Crippen molar-refractivity contribution in [2.45, 2.75) is 18.7 Å². The molecule has 0 fully saturated rings. The van der Waals surface area contributed by atoms with Crippen LogP contribution in [0.1, 0.15) is 11.1 Å². The summed E-state index contributed by atoms with van der Waals surface area (Å²) in [7, 11) is 0. The number of carbonyl (C=O) groups excluding carboxylic acids is 3. The second kappa shape index (κ2) is 9.84. The number of nitrogens with one attached hydrogen (secondary N) is 2. The van der Waals surface area contributed by atoms with E-state index in [2.05, 4.69) is 10.6 Å². The average molecular weight is 408 g/mol. The molecular weight excluding hydrogens is 390 g/mol. The van der Waals surface area contributed by atoms with Gasteiger partial charge < -0.3 is 10.1 Å². The first-order chi connectivity index (χ1) is 13.3. The number of halogens is 2. The van der Waals surface area contributed by atoms with Crippen LogP contribution >= 0.6 is 11.8 Å². The lowest BCUT2D eigenvalue weighted by Gasteiger charge is -2.11. The highest BCUT2D eigenvalue weighted by molar-refractivity contribution is 8.00. The quantitative estimate of drug-likeness (QED) is 0.564. The topological polar surface area (TPSA) is 84.5 Å². The number of hydrogen-bond donors (Lipinski definition) is 2. The summed E-state index contributed by atoms with van der Waals surface area (Å²) in [6.07, 6.45) is 0. The molecular formula is C19H18F2N2O4S. The summed E-state index contributed by atoms with van der Waals surface area (Å²) in [5, 5.41) is 4.60. The standard InChI is InChI=1S/C19H18F2N2O4S/c1-11-4-3-5-16(12(11)2)22-19(26)23-17(24)9-27-18(25)10-28-13-6-7-14(20)15(21)8-13/h3-8H,9-10H2,1-2H3,(H2,22,23,24,26). The van der Waals surface area contributed by atoms with Gasteiger partial charge in [0.25, 0.3) is 5.91 Å². The third kappa shape index (κ3) is 6.34. The molecule has 0 heterocycles. The molecule has 0 aliphatic carbocycles. The van der Waals surface area contributed by atoms with Gasteiger partial charge in [-0.2, -0.15) is 0 Å². The SMILES string of the molecule is Cc1cccc(NC(=O)NC(=O)COC(=O)CSc2ccc(F)c(F)c2)c1C. The van der Waals surface area contributed by atoms with Gasteiger partial charge in [-0.25, -0.2) is 13.6 Å². The number of urea groups is 1. The number of anilines is 1. The van der Waals surface area contributed by atoms with E-state index in [4.69, 9.17) is 4.74 Å². The number of aryl methyl sites for hydroxylation is 1. The van der Waals surface area contributed by atoms with Crippen LogP contribution < -0.4 is 10.6 Å². The van der Waals surface area contributed by atoms with Gasteiger partial charge in [-0.15, -0.1) is 11.8 Å². The predicted molar refractivity (Wildman–Crippen MR) is 101 cm³/mol. The Morgan fingerprint density at radius 2 is 1.82 bits per heavy atom. The Morgan fingerprint density at radius 1 is 1.07 bits per heavy atom. The number of imide groups is 1. The number of esters is 1. The van der Waals surface area contributed by atoms with Gasteiger partial charge in [0.1, 0.15) is 0 Å². The second-order valence-electron chi connectivity index (χ2n) is 5.78. The van der Waals surface area contributed by atoms with E-state index in [-0.39, 0.29) is 5.75 Å². The van der Waals surface area contributed by atoms with Gasteiger partial charge in [-0.3, -0.25) is 14.9 Å². The molecule has 2 aromatic carbocycles. The van der Waals surface area contributed by atoms with Gasteiger partial charge in [0.05, 0.1) is 5.75 Å². The molecule has 0 aromatic heterocycles. The molecule has 0 atom stereocenters. The van der Waals surface area contributed by atoms with E-state index in [0.29, 0.717) is 10.6 Å². The largest absolute Gasteiger partial charge is 0.455 e. The Labute approximate surface area is 164 Å². The van der Waals surface area contributed by atoms with Crippen molar-refractivity contribution in [1.29, 1.82) is 0 Å². The van der Waals surface area contributed by atoms with Gasteiger partial charge in [0, 0.05) is 10.6 Å². The molecule has 0 spiro atoms. The lowest BCUT2D eigenvalue weighted by Crippen LogP contribution is -2.37. The maximum absolute atomic E-state index is 13.1. The Bertz CT molecular complexity index is 905. The third-order valence-corrected chi connectivity index (χ3v) is 4.69. The molecule has 2 aromatic rings. The van der Waals surface area contributed by atoms with E-state index in [0.717, 1.165) is 35.0 Å². The summed E-state index contributed by atoms with van der Waals surface area (Å²) in [6.45, 7) is 3.08. The molecule has 3 amide bonds. The van der Waals surface area contributed by atoms with E-state index in [1.54, 1.807) is 12.1 Å². The molecule has 2 N–H and O–H groups in total. The normalized spacial score (nSPS) is 10.3. The van der Waals surface area contributed by atoms with Crippen molar-refractivity contribution in [2.24, 2.45) is 0 Å². The summed E-state index contributed by atoms with van der Waals surface area (Å²) in [5.74, 6) is -3.74. The number of hydrogen-bond acceptors (Lipinski definition) is 5. The fourth-order valence-corrected chi connectivity index (χ4v) is 2.82. The number of carbonyl (C=O) groups is 3. The monoisotopic (exact) mass is 408 g/mol. The molecule has 0 unspecified atom stereocenters. The zero-order valence-corrected chi connectivity index (χ0v) is 16.0. The number of thioether (sulfide) groups is 1. The van der Waals surface area contributed by atoms with Gasteiger partial charge in [0.15, 0.2) is 18.2 Å². The van der Waals surface area contributed by atoms with Crippen LogP contribution in [0.5, 0.6) is 0 Å². The van der Waals surface area contributed by atoms with Gasteiger partial charge in [-0.1, -0.05) is 12.1 Å². The summed E-state index contributed by atoms with van der Waals surface area (Å²) in [6, 6.07) is 7.84. The molecule has 28 heavy (non-hydrogen) atoms. The molecule has 0 aliphatic heterocycles. The Hall–Kier alpha value is -2.94. The second-order valence-corrected chi connectivity index (χ2v) is 6.82. The molecule has 148 valence electrons. The molecule has 9 heteroatoms. The van der Waals surface area contributed by atoms with Crippen LogP contribution in [-0.2, 0) is 14.3 Å². The van der Waals surface area contributed by atoms with Crippen molar-refractivity contribution in [3.8, 4) is 0 Å². The highest BCUT2D eigenvalue weighted by Gasteiger charge is 2.13. The maximum Gasteiger partial charge on any atom is 0.325 e. The Balaban J connectivity index is 1.73. The Kier molecular flexibility index (Phi) is 7.51. The highest BCUT2D eigenvalue weighted by atomic mass is 32.2. The van der Waals surface area contributed by atoms with E-state index in [1.807, 2.05) is 19.9 Å². The minimum absolute atomic E-state index is 0.201. The lowest BCUT2D eigenvalue weighted by molar-refractivity contribution is -0.145. The van der Waals surface area contributed by atoms with Crippen LogP contribution in [0.4, 0.5) is 19.3 Å². The van der Waals surface area contributed by atoms with Crippen LogP contribution in [0.3, 0.4) is 0 Å². The first-order valence-corrected chi connectivity index (χ1v) is 9.15. The zero-order chi connectivity index (χ0) is 20.7. The van der Waals surface area contributed by atoms with Crippen molar-refractivity contribution in [3.05, 3.63) is 59.2 Å². The van der Waals surface area contributed by atoms with Crippen LogP contribution in [0, 0.1) is 25.5 Å². The number of ether oxygens (including phenoxy) is 1. The maximum atomic E-state index is 13.1. The Morgan fingerprint density at radius 3 is 2.54 bits per heavy atom. The zero-order valence-electron chi connectivity index (χ0n) is 15.2. The van der Waals surface area contributed by atoms with Crippen LogP contribution in [0.25, 0.3) is 0 Å². The average Bonchev–Trinajstić information content (AvgIpc) is 2.64. The van der Waals surface area contributed by atoms with E-state index in [9.17, 15) is 23.2 Å². The van der Waals surface area contributed by atoms with Crippen molar-refractivity contribution in [2.75, 3.05) is 17.7 Å². The minimum Gasteiger partial charge on any atom is -0.455 e. The van der Waals surface area contributed by atoms with E-state index < -0.39 is 36.1 Å². The van der Waals surface area contributed by atoms with Crippen molar-refractivity contribution < 1.29 is 27.9 Å². The van der Waals surface area contributed by atoms with Gasteiger partial charge in [0.2, 0.25) is 0 Å². The number of rotatable bonds is 6. The molecule has 0 radical (unpaired) electrons. The fraction of sp³-hybridized carbons (Fsp3) is 0.211. The molecule has 0 aliphatic rings. The first-order valence-electron chi connectivity index (χ1n) is 8.17. The third-order valence-electron chi connectivity index (χ3n) is 3.72. The molecule has 0 saturated carbocycles. The van der Waals surface area contributed by atoms with E-state index >= 15 is 0 Å². The molecule has 2 rings (SSSR count). The molecule has 0 bridgehead atoms. The van der Waals surface area contributed by atoms with Crippen LogP contribution in [0.2, 0.25) is 0 Å². The predicted octanol–water partition coefficient (Wildman–Crippen LogP) is 3.57. The lowest BCUT2D eigenvalue weighted by atomic mass is 10.1. The molecule has 0 saturated heterocycles. The van der Waals surface area contributed by atoms with Gasteiger partial charge >= 0.3 is 12.0 Å². The number of amides is 3. The minimum atomic E-state index is -1.02. The first kappa shape index (κ1) is 21.4. The molecule has 6 nitrogen and oxygen atoms in total. The van der Waals surface area contributed by atoms with Crippen LogP contribution in [-0.4, -0.2) is 30.3 Å². The van der Waals surface area contributed by atoms with Gasteiger partial charge in [-0.05, 0) is 49.2 Å². The summed E-state index contributed by atoms with van der Waals surface area (Å²) in [5.41, 5.74) is 2.41. The van der Waals surface area contributed by atoms with Crippen molar-refractivity contribution in [1.82, 2.24) is 5.32 Å². The smallest absolute Gasteiger partial charge is 0.325 e. The van der Waals surface area contributed by atoms with Crippen LogP contribution in [0.15, 0.2) is 41.3 Å². The van der Waals surface area contributed by atoms with Crippen molar-refractivity contribution in [3.63, 3.8) is 0 Å². The fourth-order valence-electron chi connectivity index (χ4n) is 2.10. The summed E-state index contributed by atoms with van der Waals surface area (Å²) >= 11 is 0.929. The summed E-state index contributed by atoms with van der Waals surface area (Å²) < 4.78 is 30.7.